The van der Waals surface area contributed by atoms with Gasteiger partial charge in [-0.05, 0) is 21.7 Å². The Morgan fingerprint density at radius 3 is 1.90 bits per heavy atom. The molecule has 100 valence electrons. The van der Waals surface area contributed by atoms with E-state index < -0.39 is 0 Å². The van der Waals surface area contributed by atoms with Crippen LogP contribution in [-0.2, 0) is 0 Å². The number of fused-ring (bicyclic) bond motifs is 2. The molecule has 0 unspecified atom stereocenters. The summed E-state index contributed by atoms with van der Waals surface area (Å²) in [5.74, 6) is 0. The molecule has 0 saturated heterocycles. The lowest BCUT2D eigenvalue weighted by Crippen LogP contribution is -1.92. The fraction of sp³-hybridized carbons (Fsp3) is 0. The third-order valence-electron chi connectivity index (χ3n) is 4.05. The fourth-order valence-corrected chi connectivity index (χ4v) is 2.99. The highest BCUT2D eigenvalue weighted by Crippen LogP contribution is 2.36. The van der Waals surface area contributed by atoms with E-state index in [0.29, 0.717) is 0 Å². The molecule has 4 aromatic rings. The Labute approximate surface area is 123 Å². The Bertz CT molecular complexity index is 949. The maximum absolute atomic E-state index is 6.44. The molecule has 0 fully saturated rings. The molecule has 0 amide bonds. The van der Waals surface area contributed by atoms with Gasteiger partial charge in [0, 0.05) is 16.6 Å². The van der Waals surface area contributed by atoms with Crippen LogP contribution in [0.2, 0.25) is 0 Å². The van der Waals surface area contributed by atoms with Crippen LogP contribution in [0.3, 0.4) is 0 Å². The molecule has 4 rings (SSSR count). The molecule has 0 bridgehead atoms. The summed E-state index contributed by atoms with van der Waals surface area (Å²) in [5.41, 5.74) is 9.59. The van der Waals surface area contributed by atoms with Crippen molar-refractivity contribution in [2.45, 2.75) is 0 Å². The van der Waals surface area contributed by atoms with Crippen molar-refractivity contribution in [2.75, 3.05) is 5.73 Å². The summed E-state index contributed by atoms with van der Waals surface area (Å²) in [6.07, 6.45) is 0. The first-order valence-electron chi connectivity index (χ1n) is 7.10. The lowest BCUT2D eigenvalue weighted by atomic mass is 9.94. The van der Waals surface area contributed by atoms with Crippen molar-refractivity contribution in [2.24, 2.45) is 0 Å². The van der Waals surface area contributed by atoms with Crippen molar-refractivity contribution in [3.63, 3.8) is 0 Å². The Balaban J connectivity index is 2.07. The highest BCUT2D eigenvalue weighted by molar-refractivity contribution is 6.06. The third kappa shape index (κ3) is 1.86. The van der Waals surface area contributed by atoms with E-state index in [4.69, 9.17) is 5.73 Å². The van der Waals surface area contributed by atoms with Crippen molar-refractivity contribution < 1.29 is 0 Å². The topological polar surface area (TPSA) is 26.0 Å². The summed E-state index contributed by atoms with van der Waals surface area (Å²) in [6.45, 7) is 0. The van der Waals surface area contributed by atoms with E-state index in [-0.39, 0.29) is 0 Å². The molecule has 0 heterocycles. The highest BCUT2D eigenvalue weighted by atomic mass is 14.6. The van der Waals surface area contributed by atoms with Crippen molar-refractivity contribution in [3.05, 3.63) is 78.9 Å². The highest BCUT2D eigenvalue weighted by Gasteiger charge is 2.09. The van der Waals surface area contributed by atoms with Gasteiger partial charge in [0.25, 0.3) is 0 Å². The Morgan fingerprint density at radius 1 is 0.476 bits per heavy atom. The summed E-state index contributed by atoms with van der Waals surface area (Å²) in [5, 5.41) is 4.77. The van der Waals surface area contributed by atoms with Crippen LogP contribution in [0.25, 0.3) is 32.7 Å². The number of anilines is 1. The minimum Gasteiger partial charge on any atom is -0.398 e. The Hall–Kier alpha value is -2.80. The van der Waals surface area contributed by atoms with Crippen LogP contribution in [0.4, 0.5) is 5.69 Å². The van der Waals surface area contributed by atoms with Gasteiger partial charge in [-0.1, -0.05) is 78.9 Å². The summed E-state index contributed by atoms with van der Waals surface area (Å²) in [7, 11) is 0. The first kappa shape index (κ1) is 12.0. The first-order chi connectivity index (χ1) is 10.3. The normalized spacial score (nSPS) is 11.0. The SMILES string of the molecule is Nc1c(-c2cccc3ccccc23)ccc2ccccc12. The van der Waals surface area contributed by atoms with Gasteiger partial charge in [-0.3, -0.25) is 0 Å². The van der Waals surface area contributed by atoms with Crippen LogP contribution in [0.5, 0.6) is 0 Å². The van der Waals surface area contributed by atoms with Crippen LogP contribution < -0.4 is 5.73 Å². The predicted molar refractivity (Wildman–Crippen MR) is 91.3 cm³/mol. The van der Waals surface area contributed by atoms with Gasteiger partial charge >= 0.3 is 0 Å². The number of nitrogens with two attached hydrogens (primary N) is 1. The number of benzene rings is 4. The van der Waals surface area contributed by atoms with E-state index in [1.165, 1.54) is 21.7 Å². The van der Waals surface area contributed by atoms with Gasteiger partial charge in [0.2, 0.25) is 0 Å². The second-order valence-corrected chi connectivity index (χ2v) is 5.27. The standard InChI is InChI=1S/C20H15N/c21-20-17-10-4-2-7-15(17)12-13-19(20)18-11-5-8-14-6-1-3-9-16(14)18/h1-13H,21H2. The fourth-order valence-electron chi connectivity index (χ4n) is 2.99. The minimum atomic E-state index is 0.851. The van der Waals surface area contributed by atoms with Crippen LogP contribution in [-0.4, -0.2) is 0 Å². The molecule has 0 saturated carbocycles. The Kier molecular flexibility index (Phi) is 2.65. The molecule has 2 N–H and O–H groups in total. The summed E-state index contributed by atoms with van der Waals surface area (Å²) in [6, 6.07) is 27.3. The van der Waals surface area contributed by atoms with E-state index in [0.717, 1.165) is 16.6 Å². The average molecular weight is 269 g/mol. The summed E-state index contributed by atoms with van der Waals surface area (Å²) < 4.78 is 0. The van der Waals surface area contributed by atoms with Gasteiger partial charge in [-0.2, -0.15) is 0 Å². The molecule has 0 atom stereocenters. The van der Waals surface area contributed by atoms with Gasteiger partial charge in [-0.15, -0.1) is 0 Å². The van der Waals surface area contributed by atoms with Gasteiger partial charge < -0.3 is 5.73 Å². The molecule has 0 spiro atoms. The molecule has 0 aliphatic rings. The maximum Gasteiger partial charge on any atom is 0.0473 e. The van der Waals surface area contributed by atoms with E-state index in [9.17, 15) is 0 Å². The smallest absolute Gasteiger partial charge is 0.0473 e. The van der Waals surface area contributed by atoms with Gasteiger partial charge in [0.15, 0.2) is 0 Å². The maximum atomic E-state index is 6.44. The molecular formula is C20H15N. The lowest BCUT2D eigenvalue weighted by molar-refractivity contribution is 1.67. The number of hydrogen-bond acceptors (Lipinski definition) is 1. The molecule has 0 aliphatic carbocycles. The van der Waals surface area contributed by atoms with Crippen LogP contribution in [0.15, 0.2) is 78.9 Å². The lowest BCUT2D eigenvalue weighted by Gasteiger charge is -2.12. The second kappa shape index (κ2) is 4.64. The quantitative estimate of drug-likeness (QED) is 0.470. The molecule has 21 heavy (non-hydrogen) atoms. The molecule has 4 aromatic carbocycles. The molecule has 0 aliphatic heterocycles. The first-order valence-corrected chi connectivity index (χ1v) is 7.10. The number of hydrogen-bond donors (Lipinski definition) is 1. The van der Waals surface area contributed by atoms with Gasteiger partial charge in [0.1, 0.15) is 0 Å². The van der Waals surface area contributed by atoms with Gasteiger partial charge in [-0.25, -0.2) is 0 Å². The third-order valence-corrected chi connectivity index (χ3v) is 4.05. The minimum absolute atomic E-state index is 0.851. The zero-order valence-corrected chi connectivity index (χ0v) is 11.6. The van der Waals surface area contributed by atoms with Crippen LogP contribution >= 0.6 is 0 Å². The van der Waals surface area contributed by atoms with Crippen molar-refractivity contribution in [1.29, 1.82) is 0 Å². The van der Waals surface area contributed by atoms with Crippen LogP contribution in [0.1, 0.15) is 0 Å². The van der Waals surface area contributed by atoms with Crippen molar-refractivity contribution in [3.8, 4) is 11.1 Å². The van der Waals surface area contributed by atoms with Gasteiger partial charge in [0.05, 0.1) is 0 Å². The Morgan fingerprint density at radius 2 is 1.10 bits per heavy atom. The molecule has 0 aromatic heterocycles. The predicted octanol–water partition coefficient (Wildman–Crippen LogP) is 5.24. The van der Waals surface area contributed by atoms with E-state index in [1.54, 1.807) is 0 Å². The van der Waals surface area contributed by atoms with Crippen LogP contribution in [0, 0.1) is 0 Å². The largest absolute Gasteiger partial charge is 0.398 e. The second-order valence-electron chi connectivity index (χ2n) is 5.27. The van der Waals surface area contributed by atoms with E-state index in [1.807, 2.05) is 12.1 Å². The molecule has 1 nitrogen and oxygen atoms in total. The van der Waals surface area contributed by atoms with Crippen molar-refractivity contribution in [1.82, 2.24) is 0 Å². The zero-order valence-electron chi connectivity index (χ0n) is 11.6. The number of rotatable bonds is 1. The molecule has 0 radical (unpaired) electrons. The zero-order chi connectivity index (χ0) is 14.2. The van der Waals surface area contributed by atoms with E-state index >= 15 is 0 Å². The van der Waals surface area contributed by atoms with Crippen molar-refractivity contribution >= 4 is 27.2 Å². The average Bonchev–Trinajstić information content (AvgIpc) is 2.55. The number of nitrogen functional groups attached to an aromatic ring is 1. The monoisotopic (exact) mass is 269 g/mol. The summed E-state index contributed by atoms with van der Waals surface area (Å²) in [4.78, 5) is 0. The van der Waals surface area contributed by atoms with E-state index in [2.05, 4.69) is 66.7 Å². The molecular weight excluding hydrogens is 254 g/mol. The molecule has 1 heteroatoms. The summed E-state index contributed by atoms with van der Waals surface area (Å²) >= 11 is 0.